The number of hydrogen-bond acceptors (Lipinski definition) is 5. The number of halogens is 16. The zero-order chi connectivity index (χ0) is 34.4. The van der Waals surface area contributed by atoms with Crippen molar-refractivity contribution in [3.8, 4) is 17.6 Å². The van der Waals surface area contributed by atoms with Gasteiger partial charge in [-0.2, -0.15) is 75.5 Å². The molecule has 246 valence electrons. The van der Waals surface area contributed by atoms with Crippen molar-refractivity contribution in [3.63, 3.8) is 0 Å². The number of ether oxygens (including phenoxy) is 2. The fourth-order valence-electron chi connectivity index (χ4n) is 3.07. The Kier molecular flexibility index (Phi) is 9.20. The van der Waals surface area contributed by atoms with Crippen LogP contribution in [0.2, 0.25) is 0 Å². The van der Waals surface area contributed by atoms with Crippen molar-refractivity contribution in [2.24, 2.45) is 0 Å². The van der Waals surface area contributed by atoms with Crippen molar-refractivity contribution in [3.05, 3.63) is 48.0 Å². The van der Waals surface area contributed by atoms with E-state index >= 15 is 0 Å². The van der Waals surface area contributed by atoms with Crippen LogP contribution in [0, 0.1) is 11.3 Å². The number of rotatable bonds is 13. The number of alkyl halides is 16. The lowest BCUT2D eigenvalue weighted by molar-refractivity contribution is -0.454. The molecule has 0 aromatic heterocycles. The lowest BCUT2D eigenvalue weighted by atomic mass is 9.88. The summed E-state index contributed by atoms with van der Waals surface area (Å²) >= 11 is 0. The number of anilines is 2. The summed E-state index contributed by atoms with van der Waals surface area (Å²) in [6.45, 7) is -6.11. The van der Waals surface area contributed by atoms with Crippen LogP contribution in [0.4, 0.5) is 81.6 Å². The number of nitrogens with two attached hydrogens (primary N) is 2. The minimum absolute atomic E-state index is 0.188. The van der Waals surface area contributed by atoms with E-state index < -0.39 is 77.8 Å². The number of nitrogen functional groups attached to an aromatic ring is 2. The Bertz CT molecular complexity index is 1370. The maximum Gasteiger partial charge on any atom is 0.385 e. The summed E-state index contributed by atoms with van der Waals surface area (Å²) < 4.78 is 233. The largest absolute Gasteiger partial charge is 0.487 e. The van der Waals surface area contributed by atoms with Gasteiger partial charge in [0.25, 0.3) is 0 Å². The molecule has 0 bridgehead atoms. The van der Waals surface area contributed by atoms with E-state index in [9.17, 15) is 70.2 Å². The number of benzene rings is 2. The van der Waals surface area contributed by atoms with Crippen molar-refractivity contribution in [1.29, 1.82) is 5.26 Å². The molecular weight excluding hydrogens is 654 g/mol. The summed E-state index contributed by atoms with van der Waals surface area (Å²) in [6.07, 6.45) is 0. The molecule has 0 atom stereocenters. The monoisotopic (exact) mass is 669 g/mol. The molecule has 2 rings (SSSR count). The van der Waals surface area contributed by atoms with Crippen LogP contribution in [0.25, 0.3) is 0 Å². The van der Waals surface area contributed by atoms with Crippen molar-refractivity contribution in [2.75, 3.05) is 24.7 Å². The number of nitrogens with zero attached hydrogens (tertiary/aromatic N) is 1. The van der Waals surface area contributed by atoms with E-state index in [1.807, 2.05) is 0 Å². The molecule has 0 aliphatic heterocycles. The molecule has 0 fully saturated rings. The van der Waals surface area contributed by atoms with Gasteiger partial charge in [-0.05, 0) is 36.4 Å². The molecule has 5 nitrogen and oxygen atoms in total. The molecule has 0 aliphatic rings. The molecule has 0 heterocycles. The Hall–Kier alpha value is -3.99. The fourth-order valence-corrected chi connectivity index (χ4v) is 3.07. The average Bonchev–Trinajstić information content (AvgIpc) is 2.91. The fraction of sp³-hybridized carbons (Fsp3) is 0.435. The summed E-state index contributed by atoms with van der Waals surface area (Å²) in [5.74, 6) is -64.7. The van der Waals surface area contributed by atoms with Crippen molar-refractivity contribution in [1.82, 2.24) is 0 Å². The van der Waals surface area contributed by atoms with E-state index in [1.54, 1.807) is 0 Å². The van der Waals surface area contributed by atoms with Crippen LogP contribution in [0.15, 0.2) is 42.5 Å². The normalized spacial score (nSPS) is 14.2. The predicted molar refractivity (Wildman–Crippen MR) is 117 cm³/mol. The lowest BCUT2D eigenvalue weighted by Crippen LogP contribution is -2.75. The summed E-state index contributed by atoms with van der Waals surface area (Å²) in [6, 6.07) is 6.57. The zero-order valence-electron chi connectivity index (χ0n) is 20.9. The number of hydrogen-bond donors (Lipinski definition) is 2. The Morgan fingerprint density at radius 2 is 0.932 bits per heavy atom. The standard InChI is InChI=1S/C23H15F16N3O2/c24-16(25,9-43-13-4-1-11(8-40)2-5-13)18(28,29)20(32,33)22(36,37)23(38,39)21(34,35)19(30,31)17(26,27)10-44-15-7-12(41)3-6-14(15)42/h1-7H,9-10,41-42H2. The second-order valence-electron chi connectivity index (χ2n) is 8.87. The molecule has 0 amide bonds. The van der Waals surface area contributed by atoms with Gasteiger partial charge in [0.15, 0.2) is 13.2 Å². The van der Waals surface area contributed by atoms with Crippen molar-refractivity contribution >= 4 is 11.4 Å². The molecule has 0 saturated heterocycles. The van der Waals surface area contributed by atoms with Gasteiger partial charge in [-0.25, -0.2) is 0 Å². The second kappa shape index (κ2) is 11.2. The first-order chi connectivity index (χ1) is 19.6. The molecular formula is C23H15F16N3O2. The highest BCUT2D eigenvalue weighted by atomic mass is 19.4. The van der Waals surface area contributed by atoms with Crippen LogP contribution >= 0.6 is 0 Å². The lowest BCUT2D eigenvalue weighted by Gasteiger charge is -2.43. The first kappa shape index (κ1) is 36.2. The first-order valence-electron chi connectivity index (χ1n) is 11.1. The summed E-state index contributed by atoms with van der Waals surface area (Å²) in [4.78, 5) is 0. The first-order valence-corrected chi connectivity index (χ1v) is 11.1. The number of nitriles is 1. The molecule has 4 N–H and O–H groups in total. The Morgan fingerprint density at radius 1 is 0.545 bits per heavy atom. The van der Waals surface area contributed by atoms with E-state index in [-0.39, 0.29) is 11.3 Å². The third-order valence-electron chi connectivity index (χ3n) is 5.74. The van der Waals surface area contributed by atoms with Crippen molar-refractivity contribution in [2.45, 2.75) is 47.4 Å². The van der Waals surface area contributed by atoms with Gasteiger partial charge in [-0.15, -0.1) is 0 Å². The van der Waals surface area contributed by atoms with E-state index in [1.165, 1.54) is 6.07 Å². The van der Waals surface area contributed by atoms with Gasteiger partial charge < -0.3 is 20.9 Å². The van der Waals surface area contributed by atoms with E-state index in [0.717, 1.165) is 24.3 Å². The topological polar surface area (TPSA) is 94.3 Å². The van der Waals surface area contributed by atoms with Gasteiger partial charge >= 0.3 is 47.4 Å². The molecule has 0 spiro atoms. The second-order valence-corrected chi connectivity index (χ2v) is 8.87. The van der Waals surface area contributed by atoms with E-state index in [0.29, 0.717) is 18.2 Å². The highest BCUT2D eigenvalue weighted by molar-refractivity contribution is 5.59. The minimum Gasteiger partial charge on any atom is -0.487 e. The smallest absolute Gasteiger partial charge is 0.385 e. The summed E-state index contributed by atoms with van der Waals surface area (Å²) in [5.41, 5.74) is 9.18. The molecule has 0 saturated carbocycles. The minimum atomic E-state index is -8.58. The van der Waals surface area contributed by atoms with Crippen LogP contribution in [0.1, 0.15) is 5.56 Å². The van der Waals surface area contributed by atoms with Crippen LogP contribution in [0.3, 0.4) is 0 Å². The molecule has 0 aliphatic carbocycles. The Balaban J connectivity index is 2.43. The average molecular weight is 669 g/mol. The van der Waals surface area contributed by atoms with Gasteiger partial charge in [0.05, 0.1) is 17.3 Å². The van der Waals surface area contributed by atoms with Crippen LogP contribution in [0.5, 0.6) is 11.5 Å². The van der Waals surface area contributed by atoms with E-state index in [4.69, 9.17) is 16.7 Å². The van der Waals surface area contributed by atoms with Crippen molar-refractivity contribution < 1.29 is 79.7 Å². The molecule has 0 unspecified atom stereocenters. The third kappa shape index (κ3) is 5.65. The third-order valence-corrected chi connectivity index (χ3v) is 5.74. The zero-order valence-corrected chi connectivity index (χ0v) is 20.9. The van der Waals surface area contributed by atoms with Crippen LogP contribution in [-0.2, 0) is 0 Å². The maximum absolute atomic E-state index is 14.1. The van der Waals surface area contributed by atoms with Gasteiger partial charge in [-0.1, -0.05) is 0 Å². The highest BCUT2D eigenvalue weighted by Gasteiger charge is 2.94. The van der Waals surface area contributed by atoms with Crippen LogP contribution < -0.4 is 20.9 Å². The molecule has 21 heteroatoms. The van der Waals surface area contributed by atoms with Gasteiger partial charge in [0, 0.05) is 11.8 Å². The Morgan fingerprint density at radius 3 is 1.34 bits per heavy atom. The molecule has 2 aromatic rings. The SMILES string of the molecule is N#Cc1ccc(OCC(F)(F)C(F)(F)C(F)(F)C(F)(F)C(F)(F)C(F)(F)C(F)(F)C(F)(F)COc2cc(N)ccc2N)cc1. The van der Waals surface area contributed by atoms with Gasteiger partial charge in [0.1, 0.15) is 11.5 Å². The maximum atomic E-state index is 14.1. The summed E-state index contributed by atoms with van der Waals surface area (Å²) in [7, 11) is 0. The predicted octanol–water partition coefficient (Wildman–Crippen LogP) is 7.26. The van der Waals surface area contributed by atoms with E-state index in [2.05, 4.69) is 9.47 Å². The van der Waals surface area contributed by atoms with Crippen LogP contribution in [-0.4, -0.2) is 60.6 Å². The molecule has 2 aromatic carbocycles. The van der Waals surface area contributed by atoms with Gasteiger partial charge in [-0.3, -0.25) is 0 Å². The molecule has 0 radical (unpaired) electrons. The Labute approximate surface area is 234 Å². The highest BCUT2D eigenvalue weighted by Crippen LogP contribution is 2.63. The van der Waals surface area contributed by atoms with Gasteiger partial charge in [0.2, 0.25) is 0 Å². The quantitative estimate of drug-likeness (QED) is 0.173. The molecule has 44 heavy (non-hydrogen) atoms. The summed E-state index contributed by atoms with van der Waals surface area (Å²) in [5, 5.41) is 8.59.